The molecule has 0 N–H and O–H groups in total. The SMILES string of the molecule is CO/C([O-])=N/S(=O)(=O)c1ccc(-c2c(-c3ccccc3)noc2C)cc1. The van der Waals surface area contributed by atoms with E-state index in [1.807, 2.05) is 30.3 Å². The third-order valence-electron chi connectivity index (χ3n) is 3.72. The molecule has 0 bridgehead atoms. The summed E-state index contributed by atoms with van der Waals surface area (Å²) in [6.45, 7) is 1.78. The van der Waals surface area contributed by atoms with Gasteiger partial charge in [-0.15, -0.1) is 4.40 Å². The Kier molecular flexibility index (Phi) is 4.77. The van der Waals surface area contributed by atoms with Crippen LogP contribution in [-0.4, -0.2) is 26.8 Å². The summed E-state index contributed by atoms with van der Waals surface area (Å²) in [7, 11) is -3.06. The average Bonchev–Trinajstić information content (AvgIpc) is 3.03. The standard InChI is InChI=1S/C18H16N2O5S/c1-12-16(17(19-25-12)14-6-4-3-5-7-14)13-8-10-15(11-9-13)26(22,23)20-18(21)24-2/h3-11H,1-2H3,(H,20,21)/p-1. The minimum absolute atomic E-state index is 0.109. The number of sulfonamides is 1. The van der Waals surface area contributed by atoms with Gasteiger partial charge in [-0.05, 0) is 31.7 Å². The van der Waals surface area contributed by atoms with Gasteiger partial charge in [0.25, 0.3) is 10.0 Å². The molecule has 0 radical (unpaired) electrons. The Balaban J connectivity index is 2.02. The molecule has 0 atom stereocenters. The van der Waals surface area contributed by atoms with Gasteiger partial charge in [0.2, 0.25) is 0 Å². The predicted octanol–water partition coefficient (Wildman–Crippen LogP) is 2.37. The summed E-state index contributed by atoms with van der Waals surface area (Å²) < 4.78 is 36.8. The van der Waals surface area contributed by atoms with Crippen LogP contribution in [0.4, 0.5) is 0 Å². The van der Waals surface area contributed by atoms with Crippen LogP contribution in [0.15, 0.2) is 68.4 Å². The molecule has 0 aliphatic rings. The van der Waals surface area contributed by atoms with E-state index < -0.39 is 16.1 Å². The molecule has 2 aromatic carbocycles. The van der Waals surface area contributed by atoms with E-state index >= 15 is 0 Å². The smallest absolute Gasteiger partial charge is 0.284 e. The van der Waals surface area contributed by atoms with Crippen molar-refractivity contribution in [3.05, 3.63) is 60.4 Å². The van der Waals surface area contributed by atoms with Crippen LogP contribution in [-0.2, 0) is 14.8 Å². The molecular formula is C18H15N2O5S-. The van der Waals surface area contributed by atoms with E-state index in [1.165, 1.54) is 12.1 Å². The molecule has 0 aliphatic carbocycles. The first-order chi connectivity index (χ1) is 12.4. The second kappa shape index (κ2) is 7.01. The van der Waals surface area contributed by atoms with E-state index in [4.69, 9.17) is 4.52 Å². The fraction of sp³-hybridized carbons (Fsp3) is 0.111. The zero-order chi connectivity index (χ0) is 18.7. The maximum Gasteiger partial charge on any atom is 0.284 e. The highest BCUT2D eigenvalue weighted by Crippen LogP contribution is 2.34. The molecule has 26 heavy (non-hydrogen) atoms. The van der Waals surface area contributed by atoms with Crippen molar-refractivity contribution in [3.63, 3.8) is 0 Å². The molecule has 0 aliphatic heterocycles. The molecule has 8 heteroatoms. The van der Waals surface area contributed by atoms with Crippen molar-refractivity contribution in [2.24, 2.45) is 4.40 Å². The van der Waals surface area contributed by atoms with Gasteiger partial charge in [-0.1, -0.05) is 47.6 Å². The monoisotopic (exact) mass is 371 g/mol. The van der Waals surface area contributed by atoms with Gasteiger partial charge in [-0.25, -0.2) is 0 Å². The number of methoxy groups -OCH3 is 1. The lowest BCUT2D eigenvalue weighted by Gasteiger charge is -2.08. The molecule has 0 saturated heterocycles. The van der Waals surface area contributed by atoms with E-state index in [-0.39, 0.29) is 4.90 Å². The summed E-state index contributed by atoms with van der Waals surface area (Å²) in [5.74, 6) is 0.610. The van der Waals surface area contributed by atoms with Gasteiger partial charge in [-0.3, -0.25) is 0 Å². The zero-order valence-electron chi connectivity index (χ0n) is 14.0. The Bertz CT molecular complexity index is 1040. The zero-order valence-corrected chi connectivity index (χ0v) is 14.9. The Morgan fingerprint density at radius 2 is 1.73 bits per heavy atom. The first kappa shape index (κ1) is 17.7. The van der Waals surface area contributed by atoms with Gasteiger partial charge in [0.1, 0.15) is 11.5 Å². The van der Waals surface area contributed by atoms with Crippen LogP contribution in [0.1, 0.15) is 5.76 Å². The van der Waals surface area contributed by atoms with Crippen molar-refractivity contribution >= 4 is 16.1 Å². The maximum atomic E-state index is 12.1. The molecule has 0 unspecified atom stereocenters. The summed E-state index contributed by atoms with van der Waals surface area (Å²) in [6.07, 6.45) is -1.17. The van der Waals surface area contributed by atoms with Crippen LogP contribution >= 0.6 is 0 Å². The van der Waals surface area contributed by atoms with Gasteiger partial charge in [0, 0.05) is 5.56 Å². The second-order valence-electron chi connectivity index (χ2n) is 5.39. The van der Waals surface area contributed by atoms with Crippen LogP contribution in [0.2, 0.25) is 0 Å². The third kappa shape index (κ3) is 3.45. The maximum absolute atomic E-state index is 12.1. The Labute approximate surface area is 150 Å². The molecular weight excluding hydrogens is 356 g/mol. The lowest BCUT2D eigenvalue weighted by Crippen LogP contribution is -2.21. The molecule has 0 amide bonds. The molecule has 0 spiro atoms. The number of ether oxygens (including phenoxy) is 1. The van der Waals surface area contributed by atoms with Gasteiger partial charge >= 0.3 is 0 Å². The van der Waals surface area contributed by atoms with Crippen LogP contribution < -0.4 is 5.11 Å². The first-order valence-electron chi connectivity index (χ1n) is 7.60. The van der Waals surface area contributed by atoms with E-state index in [0.717, 1.165) is 23.8 Å². The van der Waals surface area contributed by atoms with E-state index in [0.29, 0.717) is 11.5 Å². The molecule has 1 heterocycles. The number of aromatic nitrogens is 1. The molecule has 7 nitrogen and oxygen atoms in total. The van der Waals surface area contributed by atoms with Crippen molar-refractivity contribution in [1.29, 1.82) is 0 Å². The topological polar surface area (TPSA) is 105 Å². The first-order valence-corrected chi connectivity index (χ1v) is 9.04. The van der Waals surface area contributed by atoms with Gasteiger partial charge in [0.15, 0.2) is 6.08 Å². The molecule has 1 aromatic heterocycles. The van der Waals surface area contributed by atoms with Crippen molar-refractivity contribution in [2.45, 2.75) is 11.8 Å². The second-order valence-corrected chi connectivity index (χ2v) is 6.99. The number of hydrogen-bond acceptors (Lipinski definition) is 6. The van der Waals surface area contributed by atoms with Gasteiger partial charge < -0.3 is 14.4 Å². The largest absolute Gasteiger partial charge is 0.603 e. The number of nitrogens with zero attached hydrogens (tertiary/aromatic N) is 2. The van der Waals surface area contributed by atoms with Gasteiger partial charge in [-0.2, -0.15) is 8.42 Å². The van der Waals surface area contributed by atoms with E-state index in [9.17, 15) is 13.5 Å². The third-order valence-corrected chi connectivity index (χ3v) is 4.98. The van der Waals surface area contributed by atoms with Crippen LogP contribution in [0.3, 0.4) is 0 Å². The van der Waals surface area contributed by atoms with Crippen molar-refractivity contribution < 1.29 is 22.8 Å². The minimum Gasteiger partial charge on any atom is -0.603 e. The van der Waals surface area contributed by atoms with Crippen LogP contribution in [0.5, 0.6) is 0 Å². The average molecular weight is 371 g/mol. The summed E-state index contributed by atoms with van der Waals surface area (Å²) in [5.41, 5.74) is 3.05. The van der Waals surface area contributed by atoms with Crippen LogP contribution in [0, 0.1) is 6.92 Å². The molecule has 0 saturated carbocycles. The number of rotatable bonds is 4. The molecule has 134 valence electrons. The quantitative estimate of drug-likeness (QED) is 0.515. The fourth-order valence-electron chi connectivity index (χ4n) is 2.49. The molecule has 0 fully saturated rings. The molecule has 3 rings (SSSR count). The Morgan fingerprint density at radius 3 is 2.35 bits per heavy atom. The highest BCUT2D eigenvalue weighted by Gasteiger charge is 2.18. The molecule has 3 aromatic rings. The van der Waals surface area contributed by atoms with Crippen molar-refractivity contribution in [3.8, 4) is 22.4 Å². The summed E-state index contributed by atoms with van der Waals surface area (Å²) in [6, 6.07) is 15.5. The Hall–Kier alpha value is -3.13. The minimum atomic E-state index is -4.12. The van der Waals surface area contributed by atoms with E-state index in [2.05, 4.69) is 14.3 Å². The fourth-order valence-corrected chi connectivity index (χ4v) is 3.34. The lowest BCUT2D eigenvalue weighted by molar-refractivity contribution is -0.246. The number of benzene rings is 2. The predicted molar refractivity (Wildman–Crippen MR) is 93.7 cm³/mol. The summed E-state index contributed by atoms with van der Waals surface area (Å²) in [4.78, 5) is -0.109. The number of aryl methyl sites for hydroxylation is 1. The normalized spacial score (nSPS) is 12.2. The van der Waals surface area contributed by atoms with Crippen molar-refractivity contribution in [1.82, 2.24) is 5.16 Å². The summed E-state index contributed by atoms with van der Waals surface area (Å²) >= 11 is 0. The highest BCUT2D eigenvalue weighted by atomic mass is 32.2. The Morgan fingerprint density at radius 1 is 1.08 bits per heavy atom. The van der Waals surface area contributed by atoms with E-state index in [1.54, 1.807) is 19.1 Å². The summed E-state index contributed by atoms with van der Waals surface area (Å²) in [5, 5.41) is 15.2. The lowest BCUT2D eigenvalue weighted by atomic mass is 10.00. The van der Waals surface area contributed by atoms with Gasteiger partial charge in [0.05, 0.1) is 10.5 Å². The number of hydrogen-bond donors (Lipinski definition) is 0. The van der Waals surface area contributed by atoms with Crippen LogP contribution in [0.25, 0.3) is 22.4 Å². The van der Waals surface area contributed by atoms with Crippen molar-refractivity contribution in [2.75, 3.05) is 7.11 Å². The highest BCUT2D eigenvalue weighted by molar-refractivity contribution is 7.90.